The monoisotopic (exact) mass is 800 g/mol. The molecule has 1 aromatic carbocycles. The molecule has 0 bridgehead atoms. The van der Waals surface area contributed by atoms with Gasteiger partial charge in [-0.15, -0.1) is 0 Å². The maximum Gasteiger partial charge on any atom is 0.304 e. The van der Waals surface area contributed by atoms with Crippen LogP contribution in [0.2, 0.25) is 0 Å². The molecule has 308 valence electrons. The van der Waals surface area contributed by atoms with Crippen LogP contribution in [0.4, 0.5) is 0 Å². The van der Waals surface area contributed by atoms with Crippen molar-refractivity contribution in [3.8, 4) is 0 Å². The van der Waals surface area contributed by atoms with Gasteiger partial charge in [0.25, 0.3) is 0 Å². The summed E-state index contributed by atoms with van der Waals surface area (Å²) in [6, 6.07) is 3.00. The predicted molar refractivity (Wildman–Crippen MR) is 208 cm³/mol. The van der Waals surface area contributed by atoms with E-state index < -0.39 is 114 Å². The first-order chi connectivity index (χ1) is 26.4. The Bertz CT molecular complexity index is 1620. The van der Waals surface area contributed by atoms with Gasteiger partial charge in [-0.25, -0.2) is 0 Å². The second-order valence-electron chi connectivity index (χ2n) is 15.5. The van der Waals surface area contributed by atoms with Crippen LogP contribution in [0.15, 0.2) is 30.3 Å². The van der Waals surface area contributed by atoms with E-state index in [9.17, 15) is 48.3 Å². The van der Waals surface area contributed by atoms with E-state index in [2.05, 4.69) is 26.6 Å². The highest BCUT2D eigenvalue weighted by Crippen LogP contribution is 2.20. The minimum atomic E-state index is -1.49. The van der Waals surface area contributed by atoms with Crippen LogP contribution in [0.25, 0.3) is 0 Å². The molecule has 2 aliphatic rings. The first-order valence-corrected chi connectivity index (χ1v) is 20.1. The van der Waals surface area contributed by atoms with Gasteiger partial charge >= 0.3 is 5.97 Å². The van der Waals surface area contributed by atoms with Crippen LogP contribution in [0, 0.1) is 23.7 Å². The fourth-order valence-electron chi connectivity index (χ4n) is 6.51. The highest BCUT2D eigenvalue weighted by atomic mass is 32.2. The number of carbonyl (C=O) groups excluding carboxylic acids is 8. The summed E-state index contributed by atoms with van der Waals surface area (Å²) in [7, 11) is 0. The number of Topliss-reactive ketones (excluding diaryl/α,β-unsaturated/α-hetero) is 1. The average molecular weight is 801 g/mol. The maximum absolute atomic E-state index is 14.0. The number of hydrogen-bond donors (Lipinski definition) is 6. The van der Waals surface area contributed by atoms with Crippen molar-refractivity contribution in [2.75, 3.05) is 18.8 Å². The van der Waals surface area contributed by atoms with Crippen molar-refractivity contribution in [2.24, 2.45) is 23.7 Å². The first kappa shape index (κ1) is 45.6. The Morgan fingerprint density at radius 2 is 1.43 bits per heavy atom. The van der Waals surface area contributed by atoms with Crippen molar-refractivity contribution in [3.63, 3.8) is 0 Å². The molecule has 17 heteroatoms. The fraction of sp³-hybridized carbons (Fsp3) is 0.615. The van der Waals surface area contributed by atoms with Crippen LogP contribution < -0.4 is 26.6 Å². The normalized spacial score (nSPS) is 25.3. The summed E-state index contributed by atoms with van der Waals surface area (Å²) < 4.78 is 0. The number of amides is 6. The number of carbonyl (C=O) groups is 9. The molecule has 1 unspecified atom stereocenters. The van der Waals surface area contributed by atoms with Crippen LogP contribution in [0.1, 0.15) is 79.2 Å². The summed E-state index contributed by atoms with van der Waals surface area (Å²) in [5, 5.41) is 22.6. The summed E-state index contributed by atoms with van der Waals surface area (Å²) in [6.45, 7) is 10.1. The van der Waals surface area contributed by atoms with Crippen molar-refractivity contribution in [2.45, 2.75) is 110 Å². The molecule has 0 aromatic heterocycles. The molecule has 2 heterocycles. The van der Waals surface area contributed by atoms with E-state index in [0.717, 1.165) is 4.90 Å². The summed E-state index contributed by atoms with van der Waals surface area (Å²) in [5.74, 6) is -8.39. The van der Waals surface area contributed by atoms with Crippen LogP contribution in [0.3, 0.4) is 0 Å². The number of piperazine rings is 1. The molecule has 7 atom stereocenters. The Labute approximate surface area is 331 Å². The molecule has 1 aromatic rings. The van der Waals surface area contributed by atoms with Gasteiger partial charge in [0, 0.05) is 18.6 Å². The third-order valence-electron chi connectivity index (χ3n) is 9.70. The second kappa shape index (κ2) is 21.5. The standard InChI is InChI=1S/C39H56N6O10S/c1-7-23(6)34-38(54)45(19-32(48)44-34)18-31(47)40-29-20-56-39(55)28(14-22(4)5)43-36(52)26(13-21(2)3)42-37(53)27(15-24-11-9-8-10-12-24)41-35(51)25(16-30(29)46)17-33(49)50/h8-12,21-23,25-29,34H,7,13-20H2,1-6H3,(H,40,47)(H,41,51)(H,42,53)(H,43,52)(H,44,48)(H,49,50)/t23-,25+,26+,27+,28+,29+,34?/m1/s1. The highest BCUT2D eigenvalue weighted by molar-refractivity contribution is 8.13. The number of rotatable bonds is 13. The molecule has 3 rings (SSSR count). The van der Waals surface area contributed by atoms with Gasteiger partial charge in [0.2, 0.25) is 40.6 Å². The molecule has 0 saturated carbocycles. The average Bonchev–Trinajstić information content (AvgIpc) is 3.12. The largest absolute Gasteiger partial charge is 0.481 e. The van der Waals surface area contributed by atoms with E-state index in [1.165, 1.54) is 0 Å². The number of carboxylic acids is 1. The number of nitrogens with one attached hydrogen (secondary N) is 5. The molecule has 56 heavy (non-hydrogen) atoms. The van der Waals surface area contributed by atoms with Crippen LogP contribution in [-0.4, -0.2) is 111 Å². The third-order valence-corrected chi connectivity index (χ3v) is 10.8. The lowest BCUT2D eigenvalue weighted by Crippen LogP contribution is -2.62. The quantitative estimate of drug-likeness (QED) is 0.164. The highest BCUT2D eigenvalue weighted by Gasteiger charge is 2.38. The Morgan fingerprint density at radius 1 is 0.839 bits per heavy atom. The summed E-state index contributed by atoms with van der Waals surface area (Å²) in [6.07, 6.45) is -0.513. The number of benzene rings is 1. The van der Waals surface area contributed by atoms with Crippen molar-refractivity contribution in [3.05, 3.63) is 35.9 Å². The molecule has 6 N–H and O–H groups in total. The smallest absolute Gasteiger partial charge is 0.304 e. The van der Waals surface area contributed by atoms with E-state index in [1.54, 1.807) is 37.3 Å². The third kappa shape index (κ3) is 14.0. The molecule has 2 saturated heterocycles. The minimum Gasteiger partial charge on any atom is -0.481 e. The fourth-order valence-corrected chi connectivity index (χ4v) is 7.47. The summed E-state index contributed by atoms with van der Waals surface area (Å²) in [5.41, 5.74) is 0.653. The lowest BCUT2D eigenvalue weighted by molar-refractivity contribution is -0.148. The van der Waals surface area contributed by atoms with Gasteiger partial charge in [0.15, 0.2) is 5.78 Å². The molecule has 0 radical (unpaired) electrons. The molecular weight excluding hydrogens is 745 g/mol. The predicted octanol–water partition coefficient (Wildman–Crippen LogP) is 0.957. The first-order valence-electron chi connectivity index (χ1n) is 19.1. The number of nitrogens with zero attached hydrogens (tertiary/aromatic N) is 1. The van der Waals surface area contributed by atoms with Crippen LogP contribution >= 0.6 is 11.8 Å². The van der Waals surface area contributed by atoms with E-state index >= 15 is 0 Å². The van der Waals surface area contributed by atoms with Crippen LogP contribution in [0.5, 0.6) is 0 Å². The zero-order valence-electron chi connectivity index (χ0n) is 32.9. The molecule has 2 aliphatic heterocycles. The Balaban J connectivity index is 2.02. The molecular formula is C39H56N6O10S. The number of ketones is 1. The number of aliphatic carboxylic acids is 1. The van der Waals surface area contributed by atoms with Crippen molar-refractivity contribution < 1.29 is 48.3 Å². The minimum absolute atomic E-state index is 0.0307. The molecule has 16 nitrogen and oxygen atoms in total. The van der Waals surface area contributed by atoms with Crippen molar-refractivity contribution in [1.82, 2.24) is 31.5 Å². The van der Waals surface area contributed by atoms with E-state index in [0.29, 0.717) is 23.7 Å². The molecule has 2 fully saturated rings. The van der Waals surface area contributed by atoms with E-state index in [4.69, 9.17) is 0 Å². The Morgan fingerprint density at radius 3 is 2.04 bits per heavy atom. The van der Waals surface area contributed by atoms with Crippen molar-refractivity contribution >= 4 is 64.1 Å². The van der Waals surface area contributed by atoms with Crippen LogP contribution in [-0.2, 0) is 49.6 Å². The number of hydrogen-bond acceptors (Lipinski definition) is 10. The SMILES string of the molecule is CC[C@@H](C)C1NC(=O)CN(CC(=O)N[C@H]2CSC(=O)[C@H](CC(C)C)NC(=O)[C@H](CC(C)C)NC(=O)[C@H](Cc3ccccc3)NC(=O)[C@H](CC(=O)O)CC2=O)C1=O. The molecule has 0 aliphatic carbocycles. The van der Waals surface area contributed by atoms with Gasteiger partial charge in [-0.3, -0.25) is 43.2 Å². The molecule has 0 spiro atoms. The van der Waals surface area contributed by atoms with E-state index in [1.807, 2.05) is 34.6 Å². The lowest BCUT2D eigenvalue weighted by Gasteiger charge is -2.35. The summed E-state index contributed by atoms with van der Waals surface area (Å²) in [4.78, 5) is 121. The van der Waals surface area contributed by atoms with Gasteiger partial charge in [0.05, 0.1) is 24.4 Å². The van der Waals surface area contributed by atoms with Gasteiger partial charge < -0.3 is 36.6 Å². The lowest BCUT2D eigenvalue weighted by atomic mass is 9.94. The van der Waals surface area contributed by atoms with Gasteiger partial charge in [-0.2, -0.15) is 0 Å². The zero-order chi connectivity index (χ0) is 41.7. The van der Waals surface area contributed by atoms with Crippen molar-refractivity contribution in [1.29, 1.82) is 0 Å². The Kier molecular flexibility index (Phi) is 17.5. The van der Waals surface area contributed by atoms with Gasteiger partial charge in [-0.1, -0.05) is 90.1 Å². The zero-order valence-corrected chi connectivity index (χ0v) is 33.7. The number of carboxylic acid groups (broad SMARTS) is 1. The topological polar surface area (TPSA) is 237 Å². The van der Waals surface area contributed by atoms with E-state index in [-0.39, 0.29) is 42.8 Å². The molecule has 6 amide bonds. The number of thioether (sulfide) groups is 1. The summed E-state index contributed by atoms with van der Waals surface area (Å²) >= 11 is 0.668. The van der Waals surface area contributed by atoms with Gasteiger partial charge in [0.1, 0.15) is 31.2 Å². The van der Waals surface area contributed by atoms with Gasteiger partial charge in [-0.05, 0) is 36.2 Å². The Hall–Kier alpha value is -4.80. The maximum atomic E-state index is 14.0. The second-order valence-corrected chi connectivity index (χ2v) is 16.5.